The molecule has 2 fully saturated rings. The van der Waals surface area contributed by atoms with Crippen LogP contribution in [0.1, 0.15) is 27.6 Å². The Morgan fingerprint density at radius 2 is 1.52 bits per heavy atom. The van der Waals surface area contributed by atoms with Crippen molar-refractivity contribution in [1.29, 1.82) is 0 Å². The van der Waals surface area contributed by atoms with Crippen molar-refractivity contribution in [2.75, 3.05) is 11.5 Å². The maximum absolute atomic E-state index is 12.8. The fourth-order valence-corrected chi connectivity index (χ4v) is 4.17. The molecule has 4 amide bonds. The second-order valence-corrected chi connectivity index (χ2v) is 8.38. The number of amides is 4. The number of carbonyl (C=O) groups is 4. The van der Waals surface area contributed by atoms with Gasteiger partial charge in [0.1, 0.15) is 5.71 Å². The number of hydrogen-bond acceptors (Lipinski definition) is 10. The molecule has 158 valence electrons. The quantitative estimate of drug-likeness (QED) is 0.373. The van der Waals surface area contributed by atoms with Crippen molar-refractivity contribution in [2.45, 2.75) is 13.0 Å². The summed E-state index contributed by atoms with van der Waals surface area (Å²) in [7, 11) is 0. The Morgan fingerprint density at radius 3 is 2.03 bits per heavy atom. The third kappa shape index (κ3) is 4.41. The average molecular weight is 457 g/mol. The van der Waals surface area contributed by atoms with Crippen LogP contribution in [0.4, 0.5) is 0 Å². The summed E-state index contributed by atoms with van der Waals surface area (Å²) in [6, 6.07) is 5.73. The molecule has 0 aromatic heterocycles. The van der Waals surface area contributed by atoms with Crippen LogP contribution >= 0.6 is 23.5 Å². The van der Waals surface area contributed by atoms with Crippen LogP contribution in [0.2, 0.25) is 0 Å². The molecule has 3 aliphatic rings. The third-order valence-electron chi connectivity index (χ3n) is 4.41. The van der Waals surface area contributed by atoms with Crippen molar-refractivity contribution in [3.8, 4) is 0 Å². The summed E-state index contributed by atoms with van der Waals surface area (Å²) in [6.07, 6.45) is 1.26. The first-order valence-electron chi connectivity index (χ1n) is 9.03. The summed E-state index contributed by atoms with van der Waals surface area (Å²) in [6.45, 7) is 1.62. The second-order valence-electron chi connectivity index (χ2n) is 6.46. The highest BCUT2D eigenvalue weighted by Crippen LogP contribution is 2.25. The molecule has 1 unspecified atom stereocenters. The van der Waals surface area contributed by atoms with Gasteiger partial charge in [0, 0.05) is 0 Å². The van der Waals surface area contributed by atoms with Gasteiger partial charge >= 0.3 is 0 Å². The van der Waals surface area contributed by atoms with Crippen LogP contribution in [-0.2, 0) is 9.59 Å². The predicted molar refractivity (Wildman–Crippen MR) is 118 cm³/mol. The van der Waals surface area contributed by atoms with Gasteiger partial charge in [0.25, 0.3) is 11.8 Å². The minimum atomic E-state index is -0.811. The number of carbonyl (C=O) groups excluding carboxylic acids is 4. The molecule has 1 aromatic carbocycles. The lowest BCUT2D eigenvalue weighted by Crippen LogP contribution is -2.43. The summed E-state index contributed by atoms with van der Waals surface area (Å²) >= 11 is 2.38. The van der Waals surface area contributed by atoms with Crippen molar-refractivity contribution in [3.63, 3.8) is 0 Å². The van der Waals surface area contributed by atoms with E-state index in [-0.39, 0.29) is 29.0 Å². The maximum Gasteiger partial charge on any atom is 0.262 e. The molecule has 0 spiro atoms. The third-order valence-corrected chi connectivity index (χ3v) is 6.14. The van der Waals surface area contributed by atoms with E-state index in [0.717, 1.165) is 4.90 Å². The Balaban J connectivity index is 1.62. The predicted octanol–water partition coefficient (Wildman–Crippen LogP) is 0.451. The van der Waals surface area contributed by atoms with Crippen LogP contribution < -0.4 is 10.6 Å². The largest absolute Gasteiger partial charge is 0.303 e. The van der Waals surface area contributed by atoms with Crippen LogP contribution in [-0.4, -0.2) is 68.3 Å². The maximum atomic E-state index is 12.8. The van der Waals surface area contributed by atoms with E-state index in [0.29, 0.717) is 21.5 Å². The Kier molecular flexibility index (Phi) is 5.95. The molecule has 31 heavy (non-hydrogen) atoms. The van der Waals surface area contributed by atoms with Crippen molar-refractivity contribution in [3.05, 3.63) is 35.4 Å². The number of fused-ring (bicyclic) bond motifs is 1. The molecule has 4 rings (SSSR count). The summed E-state index contributed by atoms with van der Waals surface area (Å²) in [5.41, 5.74) is 0.791. The standard InChI is InChI=1S/C18H15N7O4S2/c1-9(25-15(28)10-4-2-3-5-11(10)16(25)29)12(22-24-18-21-14(27)8-31-18)6-19-23-17-20-13(26)7-30-17/h2-6,9H,7-8H2,1H3,(H,20,23,26)(H,21,24,27)/b19-6-,22-12+. The molecule has 1 atom stereocenters. The molecule has 13 heteroatoms. The first-order valence-corrected chi connectivity index (χ1v) is 11.0. The smallest absolute Gasteiger partial charge is 0.262 e. The van der Waals surface area contributed by atoms with E-state index in [2.05, 4.69) is 31.0 Å². The van der Waals surface area contributed by atoms with Crippen LogP contribution in [0.15, 0.2) is 44.7 Å². The number of thioether (sulfide) groups is 2. The molecular formula is C18H15N7O4S2. The van der Waals surface area contributed by atoms with Crippen molar-refractivity contribution in [1.82, 2.24) is 15.5 Å². The zero-order valence-corrected chi connectivity index (χ0v) is 17.7. The highest BCUT2D eigenvalue weighted by Gasteiger charge is 2.39. The van der Waals surface area contributed by atoms with Gasteiger partial charge in [0.05, 0.1) is 34.9 Å². The molecule has 2 N–H and O–H groups in total. The molecule has 0 saturated carbocycles. The number of amidine groups is 2. The van der Waals surface area contributed by atoms with Crippen molar-refractivity contribution in [2.24, 2.45) is 20.4 Å². The van der Waals surface area contributed by atoms with Crippen molar-refractivity contribution >= 4 is 69.4 Å². The monoisotopic (exact) mass is 457 g/mol. The lowest BCUT2D eigenvalue weighted by Gasteiger charge is -2.21. The highest BCUT2D eigenvalue weighted by molar-refractivity contribution is 8.15. The van der Waals surface area contributed by atoms with E-state index >= 15 is 0 Å². The molecule has 2 saturated heterocycles. The lowest BCUT2D eigenvalue weighted by molar-refractivity contribution is -0.117. The normalized spacial score (nSPS) is 22.6. The van der Waals surface area contributed by atoms with Gasteiger partial charge in [-0.05, 0) is 19.1 Å². The van der Waals surface area contributed by atoms with Gasteiger partial charge in [-0.3, -0.25) is 24.1 Å². The molecule has 11 nitrogen and oxygen atoms in total. The first kappa shape index (κ1) is 20.9. The van der Waals surface area contributed by atoms with Crippen molar-refractivity contribution < 1.29 is 19.2 Å². The van der Waals surface area contributed by atoms with E-state index in [1.165, 1.54) is 29.7 Å². The van der Waals surface area contributed by atoms with Gasteiger partial charge in [0.15, 0.2) is 10.3 Å². The minimum absolute atomic E-state index is 0.169. The number of rotatable bonds is 5. The average Bonchev–Trinajstić information content (AvgIpc) is 3.43. The Bertz CT molecular complexity index is 1080. The number of benzene rings is 1. The fraction of sp³-hybridized carbons (Fsp3) is 0.222. The van der Waals surface area contributed by atoms with Gasteiger partial charge in [0.2, 0.25) is 11.8 Å². The second kappa shape index (κ2) is 8.81. The summed E-state index contributed by atoms with van der Waals surface area (Å²) in [4.78, 5) is 49.3. The van der Waals surface area contributed by atoms with Gasteiger partial charge in [-0.25, -0.2) is 0 Å². The SMILES string of the molecule is CC(C(/C=N\N=C1/NC(=O)CS1)=N/N=C1\NC(=O)CS1)N1C(=O)c2ccccc2C1=O. The van der Waals surface area contributed by atoms with Crippen LogP contribution in [0.3, 0.4) is 0 Å². The first-order chi connectivity index (χ1) is 14.9. The van der Waals surface area contributed by atoms with E-state index in [1.807, 2.05) is 0 Å². The number of imide groups is 1. The molecule has 0 radical (unpaired) electrons. The summed E-state index contributed by atoms with van der Waals surface area (Å²) in [5, 5.41) is 21.7. The Morgan fingerprint density at radius 1 is 0.968 bits per heavy atom. The van der Waals surface area contributed by atoms with E-state index < -0.39 is 17.9 Å². The topological polar surface area (TPSA) is 145 Å². The zero-order chi connectivity index (χ0) is 22.0. The van der Waals surface area contributed by atoms with Crippen LogP contribution in [0.5, 0.6) is 0 Å². The molecular weight excluding hydrogens is 442 g/mol. The zero-order valence-electron chi connectivity index (χ0n) is 16.1. The lowest BCUT2D eigenvalue weighted by atomic mass is 10.1. The van der Waals surface area contributed by atoms with Gasteiger partial charge < -0.3 is 10.6 Å². The molecule has 3 heterocycles. The van der Waals surface area contributed by atoms with Crippen LogP contribution in [0, 0.1) is 0 Å². The molecule has 3 aliphatic heterocycles. The van der Waals surface area contributed by atoms with Gasteiger partial charge in [-0.2, -0.15) is 5.10 Å². The fourth-order valence-electron chi connectivity index (χ4n) is 2.91. The van der Waals surface area contributed by atoms with E-state index in [1.54, 1.807) is 31.2 Å². The van der Waals surface area contributed by atoms with Gasteiger partial charge in [-0.15, -0.1) is 15.3 Å². The Labute approximate surface area is 184 Å². The highest BCUT2D eigenvalue weighted by atomic mass is 32.2. The van der Waals surface area contributed by atoms with E-state index in [9.17, 15) is 19.2 Å². The summed E-state index contributed by atoms with van der Waals surface area (Å²) < 4.78 is 0. The Hall–Kier alpha value is -3.32. The van der Waals surface area contributed by atoms with E-state index in [4.69, 9.17) is 0 Å². The molecule has 0 bridgehead atoms. The molecule has 1 aromatic rings. The summed E-state index contributed by atoms with van der Waals surface area (Å²) in [5.74, 6) is -0.775. The minimum Gasteiger partial charge on any atom is -0.303 e. The number of nitrogens with one attached hydrogen (secondary N) is 2. The number of nitrogens with zero attached hydrogens (tertiary/aromatic N) is 5. The van der Waals surface area contributed by atoms with Gasteiger partial charge in [-0.1, -0.05) is 35.7 Å². The molecule has 0 aliphatic carbocycles. The number of hydrogen-bond donors (Lipinski definition) is 2. The van der Waals surface area contributed by atoms with Crippen LogP contribution in [0.25, 0.3) is 0 Å².